The van der Waals surface area contributed by atoms with Gasteiger partial charge in [-0.15, -0.1) is 0 Å². The highest BCUT2D eigenvalue weighted by Gasteiger charge is 2.11. The van der Waals surface area contributed by atoms with Gasteiger partial charge in [-0.3, -0.25) is 0 Å². The second-order valence-electron chi connectivity index (χ2n) is 5.06. The molecule has 0 radical (unpaired) electrons. The topological polar surface area (TPSA) is 42.5 Å². The maximum absolute atomic E-state index is 5.42. The van der Waals surface area contributed by atoms with Crippen LogP contribution in [0, 0.1) is 0 Å². The largest absolute Gasteiger partial charge is 0.497 e. The SMILES string of the molecule is CCC(NC(=S)Nc1cccc(OC)c1)c1ccc(OC)cc1. The molecule has 0 aromatic heterocycles. The third kappa shape index (κ3) is 4.86. The van der Waals surface area contributed by atoms with Gasteiger partial charge in [0.2, 0.25) is 0 Å². The summed E-state index contributed by atoms with van der Waals surface area (Å²) in [6, 6.07) is 15.8. The number of anilines is 1. The third-order valence-corrected chi connectivity index (χ3v) is 3.78. The second-order valence-corrected chi connectivity index (χ2v) is 5.47. The Morgan fingerprint density at radius 2 is 1.74 bits per heavy atom. The van der Waals surface area contributed by atoms with E-state index in [1.807, 2.05) is 48.5 Å². The highest BCUT2D eigenvalue weighted by atomic mass is 32.1. The highest BCUT2D eigenvalue weighted by molar-refractivity contribution is 7.80. The molecule has 4 nitrogen and oxygen atoms in total. The first-order valence-electron chi connectivity index (χ1n) is 7.51. The van der Waals surface area contributed by atoms with Gasteiger partial charge in [-0.2, -0.15) is 0 Å². The minimum absolute atomic E-state index is 0.145. The maximum atomic E-state index is 5.42. The van der Waals surface area contributed by atoms with Gasteiger partial charge >= 0.3 is 0 Å². The molecule has 2 aromatic carbocycles. The van der Waals surface area contributed by atoms with E-state index in [0.717, 1.165) is 23.6 Å². The van der Waals surface area contributed by atoms with E-state index >= 15 is 0 Å². The number of ether oxygens (including phenoxy) is 2. The number of hydrogen-bond acceptors (Lipinski definition) is 3. The lowest BCUT2D eigenvalue weighted by Crippen LogP contribution is -2.32. The van der Waals surface area contributed by atoms with Crippen LogP contribution in [0.4, 0.5) is 5.69 Å². The molecule has 0 spiro atoms. The van der Waals surface area contributed by atoms with Crippen LogP contribution in [-0.4, -0.2) is 19.3 Å². The average Bonchev–Trinajstić information content (AvgIpc) is 2.60. The molecule has 2 N–H and O–H groups in total. The minimum atomic E-state index is 0.145. The Morgan fingerprint density at radius 3 is 2.35 bits per heavy atom. The Balaban J connectivity index is 2.01. The van der Waals surface area contributed by atoms with E-state index in [2.05, 4.69) is 17.6 Å². The maximum Gasteiger partial charge on any atom is 0.171 e. The van der Waals surface area contributed by atoms with Crippen molar-refractivity contribution in [1.29, 1.82) is 0 Å². The number of methoxy groups -OCH3 is 2. The van der Waals surface area contributed by atoms with E-state index in [1.165, 1.54) is 5.56 Å². The molecule has 1 atom stereocenters. The molecule has 5 heteroatoms. The van der Waals surface area contributed by atoms with Crippen LogP contribution in [0.1, 0.15) is 24.9 Å². The van der Waals surface area contributed by atoms with E-state index in [9.17, 15) is 0 Å². The molecule has 0 aliphatic rings. The Morgan fingerprint density at radius 1 is 1.04 bits per heavy atom. The lowest BCUT2D eigenvalue weighted by atomic mass is 10.0. The van der Waals surface area contributed by atoms with Crippen molar-refractivity contribution in [2.75, 3.05) is 19.5 Å². The lowest BCUT2D eigenvalue weighted by molar-refractivity contribution is 0.414. The number of thiocarbonyl (C=S) groups is 1. The molecule has 2 aromatic rings. The normalized spacial score (nSPS) is 11.4. The molecule has 0 fully saturated rings. The summed E-state index contributed by atoms with van der Waals surface area (Å²) in [5.74, 6) is 1.64. The van der Waals surface area contributed by atoms with Crippen LogP contribution in [0.3, 0.4) is 0 Å². The van der Waals surface area contributed by atoms with Gasteiger partial charge in [-0.1, -0.05) is 25.1 Å². The Hall–Kier alpha value is -2.27. The molecule has 23 heavy (non-hydrogen) atoms. The van der Waals surface area contributed by atoms with Crippen molar-refractivity contribution in [3.8, 4) is 11.5 Å². The van der Waals surface area contributed by atoms with E-state index in [1.54, 1.807) is 14.2 Å². The first kappa shape index (κ1) is 17.1. The number of hydrogen-bond donors (Lipinski definition) is 2. The van der Waals surface area contributed by atoms with Gasteiger partial charge in [0, 0.05) is 11.8 Å². The summed E-state index contributed by atoms with van der Waals surface area (Å²) < 4.78 is 10.4. The Bertz CT molecular complexity index is 644. The number of benzene rings is 2. The van der Waals surface area contributed by atoms with Crippen LogP contribution in [0.25, 0.3) is 0 Å². The van der Waals surface area contributed by atoms with Crippen molar-refractivity contribution in [3.05, 3.63) is 54.1 Å². The van der Waals surface area contributed by atoms with Crippen molar-refractivity contribution in [1.82, 2.24) is 5.32 Å². The molecule has 0 bridgehead atoms. The molecule has 0 saturated heterocycles. The van der Waals surface area contributed by atoms with E-state index in [0.29, 0.717) is 5.11 Å². The number of nitrogens with one attached hydrogen (secondary N) is 2. The summed E-state index contributed by atoms with van der Waals surface area (Å²) in [5.41, 5.74) is 2.06. The summed E-state index contributed by atoms with van der Waals surface area (Å²) in [5, 5.41) is 7.12. The van der Waals surface area contributed by atoms with Crippen molar-refractivity contribution in [2.24, 2.45) is 0 Å². The minimum Gasteiger partial charge on any atom is -0.497 e. The van der Waals surface area contributed by atoms with Gasteiger partial charge in [0.15, 0.2) is 5.11 Å². The summed E-state index contributed by atoms with van der Waals surface area (Å²) in [6.45, 7) is 2.12. The smallest absolute Gasteiger partial charge is 0.171 e. The van der Waals surface area contributed by atoms with Gasteiger partial charge < -0.3 is 20.1 Å². The van der Waals surface area contributed by atoms with Crippen molar-refractivity contribution in [3.63, 3.8) is 0 Å². The van der Waals surface area contributed by atoms with Gasteiger partial charge in [-0.25, -0.2) is 0 Å². The average molecular weight is 330 g/mol. The Kier molecular flexibility index (Phi) is 6.23. The molecular weight excluding hydrogens is 308 g/mol. The zero-order valence-electron chi connectivity index (χ0n) is 13.6. The van der Waals surface area contributed by atoms with Crippen LogP contribution < -0.4 is 20.1 Å². The number of rotatable bonds is 6. The summed E-state index contributed by atoms with van der Waals surface area (Å²) in [4.78, 5) is 0. The van der Waals surface area contributed by atoms with Crippen LogP contribution in [0.2, 0.25) is 0 Å². The second kappa shape index (κ2) is 8.39. The fourth-order valence-corrected chi connectivity index (χ4v) is 2.54. The fraction of sp³-hybridized carbons (Fsp3) is 0.278. The first-order chi connectivity index (χ1) is 11.2. The summed E-state index contributed by atoms with van der Waals surface area (Å²) in [7, 11) is 3.31. The first-order valence-corrected chi connectivity index (χ1v) is 7.92. The quantitative estimate of drug-likeness (QED) is 0.779. The molecule has 2 rings (SSSR count). The zero-order valence-corrected chi connectivity index (χ0v) is 14.4. The zero-order chi connectivity index (χ0) is 16.7. The fourth-order valence-electron chi connectivity index (χ4n) is 2.28. The van der Waals surface area contributed by atoms with Gasteiger partial charge in [0.05, 0.1) is 20.3 Å². The highest BCUT2D eigenvalue weighted by Crippen LogP contribution is 2.21. The van der Waals surface area contributed by atoms with Crippen molar-refractivity contribution in [2.45, 2.75) is 19.4 Å². The monoisotopic (exact) mass is 330 g/mol. The van der Waals surface area contributed by atoms with Crippen LogP contribution in [0.5, 0.6) is 11.5 Å². The van der Waals surface area contributed by atoms with Crippen molar-refractivity contribution >= 4 is 23.0 Å². The standard InChI is InChI=1S/C18H22N2O2S/c1-4-17(13-8-10-15(21-2)11-9-13)20-18(23)19-14-6-5-7-16(12-14)22-3/h5-12,17H,4H2,1-3H3,(H2,19,20,23). The molecule has 0 heterocycles. The van der Waals surface area contributed by atoms with Crippen LogP contribution >= 0.6 is 12.2 Å². The predicted molar refractivity (Wildman–Crippen MR) is 98.4 cm³/mol. The third-order valence-electron chi connectivity index (χ3n) is 3.56. The lowest BCUT2D eigenvalue weighted by Gasteiger charge is -2.20. The molecule has 122 valence electrons. The van der Waals surface area contributed by atoms with Crippen LogP contribution in [0.15, 0.2) is 48.5 Å². The van der Waals surface area contributed by atoms with E-state index in [-0.39, 0.29) is 6.04 Å². The molecule has 0 saturated carbocycles. The summed E-state index contributed by atoms with van der Waals surface area (Å²) >= 11 is 5.42. The Labute approximate surface area is 142 Å². The van der Waals surface area contributed by atoms with Gasteiger partial charge in [0.25, 0.3) is 0 Å². The van der Waals surface area contributed by atoms with Gasteiger partial charge in [0.1, 0.15) is 11.5 Å². The van der Waals surface area contributed by atoms with Crippen molar-refractivity contribution < 1.29 is 9.47 Å². The van der Waals surface area contributed by atoms with E-state index < -0.39 is 0 Å². The summed E-state index contributed by atoms with van der Waals surface area (Å²) in [6.07, 6.45) is 0.923. The molecule has 0 aliphatic carbocycles. The molecule has 1 unspecified atom stereocenters. The van der Waals surface area contributed by atoms with Gasteiger partial charge in [-0.05, 0) is 48.5 Å². The van der Waals surface area contributed by atoms with E-state index in [4.69, 9.17) is 21.7 Å². The predicted octanol–water partition coefficient (Wildman–Crippen LogP) is 4.14. The molecule has 0 amide bonds. The molecule has 0 aliphatic heterocycles. The van der Waals surface area contributed by atoms with Crippen LogP contribution in [-0.2, 0) is 0 Å². The molecular formula is C18H22N2O2S.